The van der Waals surface area contributed by atoms with Crippen LogP contribution in [0.4, 0.5) is 11.4 Å². The molecule has 0 bridgehead atoms. The van der Waals surface area contributed by atoms with Gasteiger partial charge in [0.2, 0.25) is 11.8 Å². The zero-order chi connectivity index (χ0) is 63.2. The van der Waals surface area contributed by atoms with Crippen LogP contribution in [0.3, 0.4) is 0 Å². The number of allylic oxidation sites excluding steroid dienone is 4. The van der Waals surface area contributed by atoms with Crippen LogP contribution in [0.5, 0.6) is 11.5 Å². The van der Waals surface area contributed by atoms with Crippen molar-refractivity contribution >= 4 is 68.4 Å². The van der Waals surface area contributed by atoms with Gasteiger partial charge in [0.05, 0.1) is 51.7 Å². The number of carbonyl (C=O) groups is 4. The fourth-order valence-electron chi connectivity index (χ4n) is 13.9. The highest BCUT2D eigenvalue weighted by Crippen LogP contribution is 2.45. The minimum atomic E-state index is -0.320. The van der Waals surface area contributed by atoms with Gasteiger partial charge in [0.1, 0.15) is 11.5 Å². The summed E-state index contributed by atoms with van der Waals surface area (Å²) in [5.41, 5.74) is 17.7. The van der Waals surface area contributed by atoms with E-state index in [0.717, 1.165) is 131 Å². The third-order valence-corrected chi connectivity index (χ3v) is 17.6. The molecule has 5 aromatic carbocycles. The Labute approximate surface area is 524 Å². The number of unbranched alkanes of at least 4 members (excludes halogenated alkanes) is 4. The maximum atomic E-state index is 14.4. The van der Waals surface area contributed by atoms with Crippen molar-refractivity contribution in [3.05, 3.63) is 174 Å². The Morgan fingerprint density at radius 3 is 1.60 bits per heavy atom. The van der Waals surface area contributed by atoms with Crippen molar-refractivity contribution in [1.82, 2.24) is 21.3 Å². The molecule has 0 aromatic heterocycles. The summed E-state index contributed by atoms with van der Waals surface area (Å²) in [5.74, 6) is 1.21. The normalized spacial score (nSPS) is 17.0. The summed E-state index contributed by atoms with van der Waals surface area (Å²) in [7, 11) is 0. The van der Waals surface area contributed by atoms with Crippen molar-refractivity contribution in [2.75, 3.05) is 50.0 Å². The lowest BCUT2D eigenvalue weighted by Gasteiger charge is -2.33. The Hall–Kier alpha value is -8.36. The summed E-state index contributed by atoms with van der Waals surface area (Å²) in [4.78, 5) is 63.1. The Morgan fingerprint density at radius 2 is 1.01 bits per heavy atom. The summed E-state index contributed by atoms with van der Waals surface area (Å²) in [5, 5.41) is 23.4. The van der Waals surface area contributed by atoms with E-state index in [1.54, 1.807) is 0 Å². The van der Waals surface area contributed by atoms with E-state index in [-0.39, 0.29) is 45.8 Å². The first-order valence-electron chi connectivity index (χ1n) is 32.0. The molecule has 5 aromatic rings. The van der Waals surface area contributed by atoms with E-state index in [1.165, 1.54) is 16.7 Å². The first-order chi connectivity index (χ1) is 42.3. The number of hydrogen-bond donors (Lipinski definition) is 6. The van der Waals surface area contributed by atoms with Gasteiger partial charge < -0.3 is 41.4 Å². The van der Waals surface area contributed by atoms with Crippen LogP contribution in [-0.2, 0) is 25.5 Å². The molecule has 0 unspecified atom stereocenters. The molecule has 5 heterocycles. The predicted octanol–water partition coefficient (Wildman–Crippen LogP) is 10.9. The highest BCUT2D eigenvalue weighted by Gasteiger charge is 2.32. The van der Waals surface area contributed by atoms with Crippen LogP contribution >= 0.6 is 0 Å². The quantitative estimate of drug-likeness (QED) is 0.0385. The largest absolute Gasteiger partial charge is 0.456 e. The van der Waals surface area contributed by atoms with E-state index < -0.39 is 0 Å². The SMILES string of the molecule is CC1=CC(C)(C)Nc2cc3c(cc21)C(C(=O)NCCCCCC(=O)NCCOCCNC(=O)CCCCCNC(=O)c1ccc(C2=c4cc5c(cc4Oc4cc6c(cc42)C(C)=CC(C)(C)N6)=NC(C)(C)C=C5C)cc1)=c1cc2c(cc1C3)=NC(C)(C)C=C2C. The lowest BCUT2D eigenvalue weighted by atomic mass is 9.80. The van der Waals surface area contributed by atoms with Gasteiger partial charge in [-0.15, -0.1) is 0 Å². The van der Waals surface area contributed by atoms with Crippen LogP contribution in [0, 0.1) is 0 Å². The van der Waals surface area contributed by atoms with Crippen molar-refractivity contribution in [1.29, 1.82) is 0 Å². The summed E-state index contributed by atoms with van der Waals surface area (Å²) >= 11 is 0. The number of benzene rings is 5. The summed E-state index contributed by atoms with van der Waals surface area (Å²) < 4.78 is 12.4. The average Bonchev–Trinajstić information content (AvgIpc) is 0.777. The van der Waals surface area contributed by atoms with E-state index in [0.29, 0.717) is 82.6 Å². The predicted molar refractivity (Wildman–Crippen MR) is 358 cm³/mol. The van der Waals surface area contributed by atoms with Crippen LogP contribution in [0.2, 0.25) is 0 Å². The minimum absolute atomic E-state index is 0.0384. The third kappa shape index (κ3) is 13.9. The maximum absolute atomic E-state index is 14.4. The van der Waals surface area contributed by atoms with Crippen molar-refractivity contribution in [2.45, 2.75) is 163 Å². The molecule has 89 heavy (non-hydrogen) atoms. The van der Waals surface area contributed by atoms with E-state index in [2.05, 4.69) is 188 Å². The van der Waals surface area contributed by atoms with Gasteiger partial charge in [-0.05, 0) is 213 Å². The lowest BCUT2D eigenvalue weighted by molar-refractivity contribution is -0.121. The van der Waals surface area contributed by atoms with Crippen LogP contribution in [-0.4, -0.2) is 85.2 Å². The molecule has 0 saturated heterocycles. The van der Waals surface area contributed by atoms with Crippen molar-refractivity contribution in [2.24, 2.45) is 9.98 Å². The Morgan fingerprint density at radius 1 is 0.494 bits per heavy atom. The third-order valence-electron chi connectivity index (χ3n) is 17.6. The van der Waals surface area contributed by atoms with E-state index in [1.807, 2.05) is 24.3 Å². The lowest BCUT2D eigenvalue weighted by Crippen LogP contribution is -2.36. The molecular formula is C75H88N8O6. The molecule has 0 radical (unpaired) electrons. The second-order valence-electron chi connectivity index (χ2n) is 27.4. The Kier molecular flexibility index (Phi) is 17.4. The standard InChI is InChI=1S/C75H88N8O6/c1-44-40-72(5,6)80-60-32-50-31-51-33-61-53(45(2)41-73(7,8)81-61)35-57(51)69(56(50)34-52(44)60)71(87)79-26-18-14-16-20-67(85)77-28-30-88-29-27-76-66(84)19-15-13-17-25-78-70(86)49-23-21-48(22-24-49)68-58-36-54-46(3)42-74(9,10)82-62(54)38-64(58)89-65-39-63-55(37-59(65)68)47(4)43-75(11,12)83-63/h21-24,32-43,80,82H,13-20,25-31H2,1-12H3,(H,76,84)(H,77,85)(H,78,86)(H,79,87). The van der Waals surface area contributed by atoms with Gasteiger partial charge in [0, 0.05) is 107 Å². The summed E-state index contributed by atoms with van der Waals surface area (Å²) in [6.45, 7) is 28.2. The molecule has 0 spiro atoms. The van der Waals surface area contributed by atoms with Gasteiger partial charge in [-0.1, -0.05) is 49.3 Å². The number of amides is 4. The average molecular weight is 1200 g/mol. The Bertz CT molecular complexity index is 4140. The molecule has 14 nitrogen and oxygen atoms in total. The monoisotopic (exact) mass is 1200 g/mol. The fourth-order valence-corrected chi connectivity index (χ4v) is 13.9. The molecule has 464 valence electrons. The number of fused-ring (bicyclic) bond motifs is 8. The number of carbonyl (C=O) groups excluding carboxylic acids is 4. The van der Waals surface area contributed by atoms with Crippen molar-refractivity contribution < 1.29 is 28.7 Å². The van der Waals surface area contributed by atoms with E-state index in [9.17, 15) is 19.2 Å². The summed E-state index contributed by atoms with van der Waals surface area (Å²) in [6.07, 6.45) is 14.9. The van der Waals surface area contributed by atoms with Crippen LogP contribution in [0.1, 0.15) is 195 Å². The minimum Gasteiger partial charge on any atom is -0.456 e. The smallest absolute Gasteiger partial charge is 0.252 e. The second-order valence-corrected chi connectivity index (χ2v) is 27.4. The van der Waals surface area contributed by atoms with Gasteiger partial charge in [-0.25, -0.2) is 0 Å². The molecule has 14 heteroatoms. The highest BCUT2D eigenvalue weighted by molar-refractivity contribution is 6.20. The van der Waals surface area contributed by atoms with E-state index >= 15 is 0 Å². The Balaban J connectivity index is 0.576. The number of anilines is 2. The van der Waals surface area contributed by atoms with Crippen LogP contribution in [0.25, 0.3) is 33.4 Å². The molecule has 0 fully saturated rings. The van der Waals surface area contributed by atoms with Gasteiger partial charge >= 0.3 is 0 Å². The number of rotatable bonds is 21. The molecule has 4 amide bonds. The molecule has 0 saturated carbocycles. The maximum Gasteiger partial charge on any atom is 0.252 e. The van der Waals surface area contributed by atoms with Crippen LogP contribution in [0.15, 0.2) is 107 Å². The highest BCUT2D eigenvalue weighted by atomic mass is 16.5. The number of ether oxygens (including phenoxy) is 2. The number of nitrogens with zero attached hydrogens (tertiary/aromatic N) is 2. The molecule has 1 aliphatic carbocycles. The molecule has 11 rings (SSSR count). The molecule has 5 aliphatic heterocycles. The zero-order valence-electron chi connectivity index (χ0n) is 54.2. The van der Waals surface area contributed by atoms with Crippen molar-refractivity contribution in [3.63, 3.8) is 0 Å². The topological polar surface area (TPSA) is 184 Å². The van der Waals surface area contributed by atoms with E-state index in [4.69, 9.17) is 19.5 Å². The molecule has 6 N–H and O–H groups in total. The first kappa shape index (κ1) is 62.3. The van der Waals surface area contributed by atoms with Gasteiger partial charge in [0.15, 0.2) is 0 Å². The van der Waals surface area contributed by atoms with Crippen LogP contribution < -0.4 is 57.8 Å². The van der Waals surface area contributed by atoms with Gasteiger partial charge in [-0.3, -0.25) is 29.2 Å². The van der Waals surface area contributed by atoms with Crippen molar-refractivity contribution in [3.8, 4) is 11.5 Å². The molecule has 6 aliphatic rings. The second kappa shape index (κ2) is 24.9. The number of nitrogens with one attached hydrogen (secondary N) is 6. The fraction of sp³-hybridized carbons (Fsp3) is 0.413. The number of hydrogen-bond acceptors (Lipinski definition) is 10. The molecule has 0 atom stereocenters. The first-order valence-corrected chi connectivity index (χ1v) is 32.0. The zero-order valence-corrected chi connectivity index (χ0v) is 54.2. The molecular weight excluding hydrogens is 1110 g/mol. The van der Waals surface area contributed by atoms with Gasteiger partial charge in [0.25, 0.3) is 11.8 Å². The summed E-state index contributed by atoms with van der Waals surface area (Å²) in [6, 6.07) is 25.2. The van der Waals surface area contributed by atoms with Gasteiger partial charge in [-0.2, -0.15) is 0 Å².